The van der Waals surface area contributed by atoms with E-state index >= 15 is 0 Å². The minimum absolute atomic E-state index is 0.853. The number of para-hydroxylation sites is 2. The third-order valence-electron chi connectivity index (χ3n) is 7.19. The van der Waals surface area contributed by atoms with Crippen LogP contribution in [0.1, 0.15) is 47.2 Å². The zero-order chi connectivity index (χ0) is 26.7. The predicted octanol–water partition coefficient (Wildman–Crippen LogP) is 7.49. The summed E-state index contributed by atoms with van der Waals surface area (Å²) in [4.78, 5) is 7.25. The molecule has 0 N–H and O–H groups in total. The molecular weight excluding hydrogens is 586 g/mol. The summed E-state index contributed by atoms with van der Waals surface area (Å²) in [5.41, 5.74) is 9.84. The van der Waals surface area contributed by atoms with Crippen molar-refractivity contribution in [3.05, 3.63) is 94.0 Å². The van der Waals surface area contributed by atoms with Gasteiger partial charge in [0.25, 0.3) is 0 Å². The first-order chi connectivity index (χ1) is 17.7. The van der Waals surface area contributed by atoms with Crippen molar-refractivity contribution in [2.75, 3.05) is 36.0 Å². The minimum atomic E-state index is -3.55. The van der Waals surface area contributed by atoms with Crippen LogP contribution in [0.15, 0.2) is 60.7 Å². The molecule has 4 rings (SSSR count). The number of anilines is 2. The molecule has 0 aromatic heterocycles. The summed E-state index contributed by atoms with van der Waals surface area (Å²) in [6.07, 6.45) is 0. The van der Waals surface area contributed by atoms with Gasteiger partial charge in [-0.25, -0.2) is 0 Å². The number of rotatable bonds is 7. The maximum atomic E-state index is 7.60. The van der Waals surface area contributed by atoms with Crippen LogP contribution in [-0.2, 0) is 18.4 Å². The molecule has 3 nitrogen and oxygen atoms in total. The van der Waals surface area contributed by atoms with Crippen LogP contribution in [0, 0.1) is 27.7 Å². The molecule has 0 bridgehead atoms. The van der Waals surface area contributed by atoms with E-state index in [0.717, 1.165) is 42.6 Å². The zero-order valence-corrected chi connectivity index (χ0v) is 26.1. The SMILES string of the molecule is CCN(CC)Cc1ccccc1[CH]=[Ru]([Cl])([Cl])=[C]1N(c2c(C)cccc2C)CCN1c1c(C)cccc1C. The number of aryl methyl sites for hydroxylation is 4. The van der Waals surface area contributed by atoms with Gasteiger partial charge in [0, 0.05) is 0 Å². The molecule has 0 atom stereocenters. The number of benzene rings is 3. The van der Waals surface area contributed by atoms with Crippen molar-refractivity contribution in [1.82, 2.24) is 4.90 Å². The van der Waals surface area contributed by atoms with Gasteiger partial charge in [-0.15, -0.1) is 0 Å². The van der Waals surface area contributed by atoms with Crippen LogP contribution in [0.2, 0.25) is 0 Å². The van der Waals surface area contributed by atoms with Crippen LogP contribution >= 0.6 is 19.4 Å². The van der Waals surface area contributed by atoms with Crippen LogP contribution in [0.4, 0.5) is 11.4 Å². The average molecular weight is 626 g/mol. The topological polar surface area (TPSA) is 9.72 Å². The molecule has 37 heavy (non-hydrogen) atoms. The molecule has 0 saturated carbocycles. The second-order valence-corrected chi connectivity index (χ2v) is 19.0. The summed E-state index contributed by atoms with van der Waals surface area (Å²) in [5, 5.41) is 0. The fourth-order valence-corrected chi connectivity index (χ4v) is 11.4. The van der Waals surface area contributed by atoms with E-state index in [-0.39, 0.29) is 0 Å². The van der Waals surface area contributed by atoms with Gasteiger partial charge in [0.15, 0.2) is 0 Å². The van der Waals surface area contributed by atoms with Crippen LogP contribution < -0.4 is 9.80 Å². The monoisotopic (exact) mass is 625 g/mol. The Morgan fingerprint density at radius 1 is 0.730 bits per heavy atom. The first-order valence-electron chi connectivity index (χ1n) is 13.0. The van der Waals surface area contributed by atoms with E-state index in [1.54, 1.807) is 0 Å². The van der Waals surface area contributed by atoms with E-state index in [9.17, 15) is 0 Å². The van der Waals surface area contributed by atoms with Crippen molar-refractivity contribution in [3.63, 3.8) is 0 Å². The Morgan fingerprint density at radius 3 is 1.65 bits per heavy atom. The van der Waals surface area contributed by atoms with Gasteiger partial charge < -0.3 is 0 Å². The van der Waals surface area contributed by atoms with E-state index in [2.05, 4.69) is 122 Å². The Balaban J connectivity index is 1.99. The molecule has 1 fully saturated rings. The fourth-order valence-electron chi connectivity index (χ4n) is 5.29. The van der Waals surface area contributed by atoms with Crippen molar-refractivity contribution in [2.24, 2.45) is 0 Å². The molecule has 1 aliphatic heterocycles. The maximum absolute atomic E-state index is 7.60. The molecule has 3 aromatic rings. The summed E-state index contributed by atoms with van der Waals surface area (Å²) in [5.74, 6) is 0. The van der Waals surface area contributed by atoms with E-state index < -0.39 is 11.9 Å². The molecule has 6 heteroatoms. The van der Waals surface area contributed by atoms with E-state index in [1.807, 2.05) is 0 Å². The summed E-state index contributed by atoms with van der Waals surface area (Å²) in [7, 11) is 15.2. The third-order valence-corrected chi connectivity index (χ3v) is 12.7. The molecule has 0 unspecified atom stereocenters. The van der Waals surface area contributed by atoms with Crippen molar-refractivity contribution in [1.29, 1.82) is 0 Å². The third kappa shape index (κ3) is 5.94. The quantitative estimate of drug-likeness (QED) is 0.252. The molecule has 1 saturated heterocycles. The van der Waals surface area contributed by atoms with Gasteiger partial charge in [-0.1, -0.05) is 0 Å². The Labute approximate surface area is 233 Å². The Morgan fingerprint density at radius 2 is 1.19 bits per heavy atom. The molecule has 0 spiro atoms. The molecular formula is C31H39Cl2N3Ru. The van der Waals surface area contributed by atoms with Crippen LogP contribution in [-0.4, -0.2) is 40.0 Å². The molecule has 0 radical (unpaired) electrons. The average Bonchev–Trinajstić information content (AvgIpc) is 3.28. The first kappa shape index (κ1) is 28.2. The van der Waals surface area contributed by atoms with Crippen LogP contribution in [0.5, 0.6) is 0 Å². The molecule has 0 amide bonds. The van der Waals surface area contributed by atoms with Crippen LogP contribution in [0.25, 0.3) is 0 Å². The summed E-state index contributed by atoms with van der Waals surface area (Å²) < 4.78 is 3.27. The zero-order valence-electron chi connectivity index (χ0n) is 22.8. The summed E-state index contributed by atoms with van der Waals surface area (Å²) in [6, 6.07) is 21.5. The Bertz CT molecular complexity index is 1290. The second-order valence-electron chi connectivity index (χ2n) is 9.74. The molecule has 1 aliphatic rings. The number of hydrogen-bond acceptors (Lipinski definition) is 3. The van der Waals surface area contributed by atoms with Crippen LogP contribution in [0.3, 0.4) is 0 Å². The van der Waals surface area contributed by atoms with Gasteiger partial charge >= 0.3 is 235 Å². The fraction of sp³-hybridized carbons (Fsp3) is 0.355. The van der Waals surface area contributed by atoms with Crippen molar-refractivity contribution in [2.45, 2.75) is 48.1 Å². The number of nitrogens with zero attached hydrogens (tertiary/aromatic N) is 3. The normalized spacial score (nSPS) is 14.6. The summed E-state index contributed by atoms with van der Waals surface area (Å²) >= 11 is -3.55. The van der Waals surface area contributed by atoms with Gasteiger partial charge in [-0.3, -0.25) is 0 Å². The molecule has 1 heterocycles. The van der Waals surface area contributed by atoms with Crippen molar-refractivity contribution in [3.8, 4) is 0 Å². The van der Waals surface area contributed by atoms with Crippen molar-refractivity contribution >= 4 is 39.7 Å². The van der Waals surface area contributed by atoms with Gasteiger partial charge in [0.2, 0.25) is 0 Å². The van der Waals surface area contributed by atoms with Gasteiger partial charge in [0.1, 0.15) is 0 Å². The van der Waals surface area contributed by atoms with Gasteiger partial charge in [-0.2, -0.15) is 0 Å². The first-order valence-corrected chi connectivity index (χ1v) is 19.3. The second kappa shape index (κ2) is 11.9. The molecule has 200 valence electrons. The van der Waals surface area contributed by atoms with E-state index in [4.69, 9.17) is 19.4 Å². The summed E-state index contributed by atoms with van der Waals surface area (Å²) in [6.45, 7) is 17.8. The molecule has 0 aliphatic carbocycles. The molecule has 3 aromatic carbocycles. The number of hydrogen-bond donors (Lipinski definition) is 0. The standard InChI is InChI=1S/C19H22N2.C12H17N.2ClH.Ru/c1-14-7-5-8-15(2)18(14)20-11-12-21(13-20)19-16(3)9-6-10-17(19)4;1-4-13(5-2)10-12-9-7-6-8-11(12)3;;;/h5-10H,11-12H2,1-4H3;3,6-9H,4-5,10H2,1-2H3;2*1H;/q;;;;+2/p-2. The predicted molar refractivity (Wildman–Crippen MR) is 161 cm³/mol. The van der Waals surface area contributed by atoms with Gasteiger partial charge in [-0.05, 0) is 0 Å². The number of halogens is 2. The Kier molecular flexibility index (Phi) is 9.07. The Hall–Kier alpha value is -1.84. The van der Waals surface area contributed by atoms with E-state index in [0.29, 0.717) is 0 Å². The van der Waals surface area contributed by atoms with Gasteiger partial charge in [0.05, 0.1) is 0 Å². The van der Waals surface area contributed by atoms with Crippen molar-refractivity contribution < 1.29 is 11.9 Å². The van der Waals surface area contributed by atoms with E-state index in [1.165, 1.54) is 39.2 Å².